The number of urea groups is 1. The van der Waals surface area contributed by atoms with E-state index in [-0.39, 0.29) is 10.9 Å². The van der Waals surface area contributed by atoms with Gasteiger partial charge >= 0.3 is 12.0 Å². The van der Waals surface area contributed by atoms with Gasteiger partial charge in [-0.15, -0.1) is 11.3 Å². The van der Waals surface area contributed by atoms with Crippen LogP contribution in [0.1, 0.15) is 36.9 Å². The Bertz CT molecular complexity index is 768. The van der Waals surface area contributed by atoms with E-state index in [1.54, 1.807) is 13.2 Å². The van der Waals surface area contributed by atoms with Crippen LogP contribution in [0, 0.1) is 5.92 Å². The van der Waals surface area contributed by atoms with Gasteiger partial charge in [-0.1, -0.05) is 13.8 Å². The van der Waals surface area contributed by atoms with Gasteiger partial charge in [-0.2, -0.15) is 0 Å². The Hall–Kier alpha value is -2.54. The van der Waals surface area contributed by atoms with Crippen molar-refractivity contribution in [2.24, 2.45) is 5.92 Å². The number of nitrogens with one attached hydrogen (secondary N) is 2. The lowest BCUT2D eigenvalue weighted by Gasteiger charge is -2.16. The van der Waals surface area contributed by atoms with Gasteiger partial charge in [0.2, 0.25) is 0 Å². The Kier molecular flexibility index (Phi) is 6.63. The highest BCUT2D eigenvalue weighted by Crippen LogP contribution is 2.35. The summed E-state index contributed by atoms with van der Waals surface area (Å²) < 4.78 is 5.13. The molecule has 140 valence electrons. The molecule has 0 aliphatic carbocycles. The molecule has 1 heterocycles. The van der Waals surface area contributed by atoms with Crippen LogP contribution >= 0.6 is 11.3 Å². The van der Waals surface area contributed by atoms with Crippen LogP contribution in [0.3, 0.4) is 0 Å². The largest absolute Gasteiger partial charge is 0.497 e. The summed E-state index contributed by atoms with van der Waals surface area (Å²) in [5.41, 5.74) is 1.16. The average Bonchev–Trinajstić information content (AvgIpc) is 2.97. The molecule has 0 spiro atoms. The summed E-state index contributed by atoms with van der Waals surface area (Å²) in [6.45, 7) is 6.09. The molecule has 0 aliphatic rings. The smallest absolute Gasteiger partial charge is 0.348 e. The van der Waals surface area contributed by atoms with Gasteiger partial charge in [0.05, 0.1) is 12.8 Å². The standard InChI is InChI=1S/C19H24N2O4S/c1-11(2)9-12(3)20-19(24)21-15-10-16(26-17(15)18(22)23)13-5-7-14(25-4)8-6-13/h5-8,10-12H,9H2,1-4H3,(H,22,23)(H2,20,21,24). The summed E-state index contributed by atoms with van der Waals surface area (Å²) >= 11 is 1.12. The summed E-state index contributed by atoms with van der Waals surface area (Å²) in [5.74, 6) is 0.114. The molecule has 1 aromatic heterocycles. The Morgan fingerprint density at radius 2 is 1.85 bits per heavy atom. The number of ether oxygens (including phenoxy) is 1. The zero-order valence-electron chi connectivity index (χ0n) is 15.3. The van der Waals surface area contributed by atoms with Crippen LogP contribution in [-0.4, -0.2) is 30.3 Å². The molecule has 26 heavy (non-hydrogen) atoms. The van der Waals surface area contributed by atoms with E-state index in [2.05, 4.69) is 24.5 Å². The first kappa shape index (κ1) is 19.8. The quantitative estimate of drug-likeness (QED) is 0.655. The molecule has 6 nitrogen and oxygen atoms in total. The minimum Gasteiger partial charge on any atom is -0.497 e. The fraction of sp³-hybridized carbons (Fsp3) is 0.368. The number of carbonyl (C=O) groups excluding carboxylic acids is 1. The number of carboxylic acid groups (broad SMARTS) is 1. The second-order valence-corrected chi connectivity index (χ2v) is 7.57. The minimum atomic E-state index is -1.07. The number of amides is 2. The Labute approximate surface area is 157 Å². The summed E-state index contributed by atoms with van der Waals surface area (Å²) in [6.07, 6.45) is 0.847. The van der Waals surface area contributed by atoms with Crippen molar-refractivity contribution < 1.29 is 19.4 Å². The Morgan fingerprint density at radius 1 is 1.19 bits per heavy atom. The second kappa shape index (κ2) is 8.71. The first-order chi connectivity index (χ1) is 12.3. The lowest BCUT2D eigenvalue weighted by Crippen LogP contribution is -2.37. The summed E-state index contributed by atoms with van der Waals surface area (Å²) in [6, 6.07) is 8.60. The highest BCUT2D eigenvalue weighted by molar-refractivity contribution is 7.18. The number of rotatable bonds is 7. The number of carboxylic acids is 1. The topological polar surface area (TPSA) is 87.7 Å². The lowest BCUT2D eigenvalue weighted by atomic mass is 10.1. The van der Waals surface area contributed by atoms with Crippen molar-refractivity contribution in [1.29, 1.82) is 0 Å². The number of hydrogen-bond acceptors (Lipinski definition) is 4. The molecular weight excluding hydrogens is 352 g/mol. The second-order valence-electron chi connectivity index (χ2n) is 6.52. The van der Waals surface area contributed by atoms with Crippen molar-refractivity contribution in [3.63, 3.8) is 0 Å². The van der Waals surface area contributed by atoms with Gasteiger partial charge in [-0.3, -0.25) is 0 Å². The van der Waals surface area contributed by atoms with Gasteiger partial charge in [-0.05, 0) is 55.2 Å². The molecule has 0 radical (unpaired) electrons. The Balaban J connectivity index is 2.18. The molecule has 1 atom stereocenters. The SMILES string of the molecule is COc1ccc(-c2cc(NC(=O)NC(C)CC(C)C)c(C(=O)O)s2)cc1. The van der Waals surface area contributed by atoms with Crippen LogP contribution in [0.5, 0.6) is 5.75 Å². The maximum Gasteiger partial charge on any atom is 0.348 e. The zero-order valence-corrected chi connectivity index (χ0v) is 16.1. The first-order valence-corrected chi connectivity index (χ1v) is 9.20. The van der Waals surface area contributed by atoms with E-state index in [1.807, 2.05) is 31.2 Å². The molecule has 0 aliphatic heterocycles. The molecule has 0 bridgehead atoms. The maximum absolute atomic E-state index is 12.2. The van der Waals surface area contributed by atoms with E-state index in [0.29, 0.717) is 11.6 Å². The molecule has 7 heteroatoms. The fourth-order valence-corrected chi connectivity index (χ4v) is 3.65. The third kappa shape index (κ3) is 5.23. The Morgan fingerprint density at radius 3 is 2.38 bits per heavy atom. The van der Waals surface area contributed by atoms with Crippen molar-refractivity contribution >= 4 is 29.0 Å². The normalized spacial score (nSPS) is 11.9. The first-order valence-electron chi connectivity index (χ1n) is 8.39. The molecule has 1 unspecified atom stereocenters. The van der Waals surface area contributed by atoms with Crippen molar-refractivity contribution in [3.05, 3.63) is 35.2 Å². The maximum atomic E-state index is 12.2. The van der Waals surface area contributed by atoms with E-state index in [1.165, 1.54) is 0 Å². The van der Waals surface area contributed by atoms with Gasteiger partial charge in [0, 0.05) is 10.9 Å². The highest BCUT2D eigenvalue weighted by atomic mass is 32.1. The molecular formula is C19H24N2O4S. The monoisotopic (exact) mass is 376 g/mol. The van der Waals surface area contributed by atoms with Gasteiger partial charge in [-0.25, -0.2) is 9.59 Å². The zero-order chi connectivity index (χ0) is 19.3. The van der Waals surface area contributed by atoms with Crippen molar-refractivity contribution in [1.82, 2.24) is 5.32 Å². The van der Waals surface area contributed by atoms with E-state index in [4.69, 9.17) is 4.74 Å². The number of anilines is 1. The molecule has 0 fully saturated rings. The van der Waals surface area contributed by atoms with Gasteiger partial charge in [0.25, 0.3) is 0 Å². The third-order valence-corrected chi connectivity index (χ3v) is 4.92. The van der Waals surface area contributed by atoms with Crippen LogP contribution in [0.4, 0.5) is 10.5 Å². The summed E-state index contributed by atoms with van der Waals surface area (Å²) in [7, 11) is 1.59. The molecule has 2 rings (SSSR count). The van der Waals surface area contributed by atoms with Gasteiger partial charge in [0.15, 0.2) is 0 Å². The lowest BCUT2D eigenvalue weighted by molar-refractivity contribution is 0.0703. The predicted molar refractivity (Wildman–Crippen MR) is 104 cm³/mol. The summed E-state index contributed by atoms with van der Waals surface area (Å²) in [5, 5.41) is 14.9. The van der Waals surface area contributed by atoms with Crippen LogP contribution in [0.25, 0.3) is 10.4 Å². The van der Waals surface area contributed by atoms with Crippen LogP contribution in [0.2, 0.25) is 0 Å². The van der Waals surface area contributed by atoms with Crippen LogP contribution in [-0.2, 0) is 0 Å². The number of thiophene rings is 1. The van der Waals surface area contributed by atoms with Gasteiger partial charge < -0.3 is 20.5 Å². The highest BCUT2D eigenvalue weighted by Gasteiger charge is 2.19. The number of methoxy groups -OCH3 is 1. The molecule has 2 aromatic rings. The molecule has 3 N–H and O–H groups in total. The number of benzene rings is 1. The van der Waals surface area contributed by atoms with Crippen LogP contribution in [0.15, 0.2) is 30.3 Å². The van der Waals surface area contributed by atoms with Crippen molar-refractivity contribution in [2.75, 3.05) is 12.4 Å². The molecule has 0 saturated carbocycles. The van der Waals surface area contributed by atoms with E-state index < -0.39 is 12.0 Å². The van der Waals surface area contributed by atoms with E-state index in [0.717, 1.165) is 33.9 Å². The fourth-order valence-electron chi connectivity index (χ4n) is 2.69. The summed E-state index contributed by atoms with van der Waals surface area (Å²) in [4.78, 5) is 24.6. The minimum absolute atomic E-state index is 0.00275. The number of hydrogen-bond donors (Lipinski definition) is 3. The average molecular weight is 376 g/mol. The predicted octanol–water partition coefficient (Wildman–Crippen LogP) is 4.68. The number of carbonyl (C=O) groups is 2. The van der Waals surface area contributed by atoms with Crippen LogP contribution < -0.4 is 15.4 Å². The molecule has 1 aromatic carbocycles. The van der Waals surface area contributed by atoms with E-state index >= 15 is 0 Å². The van der Waals surface area contributed by atoms with E-state index in [9.17, 15) is 14.7 Å². The van der Waals surface area contributed by atoms with Crippen molar-refractivity contribution in [2.45, 2.75) is 33.2 Å². The molecule has 2 amide bonds. The van der Waals surface area contributed by atoms with Crippen molar-refractivity contribution in [3.8, 4) is 16.2 Å². The van der Waals surface area contributed by atoms with Gasteiger partial charge in [0.1, 0.15) is 10.6 Å². The third-order valence-electron chi connectivity index (χ3n) is 3.75. The number of aromatic carboxylic acids is 1. The molecule has 0 saturated heterocycles.